The third-order valence-corrected chi connectivity index (χ3v) is 6.50. The van der Waals surface area contributed by atoms with Gasteiger partial charge in [-0.05, 0) is 41.5 Å². The second-order valence-corrected chi connectivity index (χ2v) is 8.79. The Labute approximate surface area is 198 Å². The summed E-state index contributed by atoms with van der Waals surface area (Å²) in [5.41, 5.74) is 2.06. The van der Waals surface area contributed by atoms with Crippen LogP contribution in [0, 0.1) is 0 Å². The number of carbonyl (C=O) groups excluding carboxylic acids is 2. The van der Waals surface area contributed by atoms with Gasteiger partial charge >= 0.3 is 0 Å². The van der Waals surface area contributed by atoms with Crippen LogP contribution in [0.15, 0.2) is 90.5 Å². The van der Waals surface area contributed by atoms with Gasteiger partial charge < -0.3 is 5.11 Å². The number of rotatable bonds is 5. The molecule has 1 atom stereocenters. The van der Waals surface area contributed by atoms with Gasteiger partial charge in [-0.25, -0.2) is 4.98 Å². The van der Waals surface area contributed by atoms with Crippen LogP contribution in [-0.2, 0) is 9.59 Å². The molecule has 1 aliphatic heterocycles. The first kappa shape index (κ1) is 21.1. The Kier molecular flexibility index (Phi) is 5.50. The number of pyridine rings is 1. The summed E-state index contributed by atoms with van der Waals surface area (Å²) in [7, 11) is 0. The van der Waals surface area contributed by atoms with E-state index in [1.165, 1.54) is 22.3 Å². The number of benzene rings is 2. The summed E-state index contributed by atoms with van der Waals surface area (Å²) in [6, 6.07) is 17.2. The van der Waals surface area contributed by atoms with Crippen LogP contribution in [-0.4, -0.2) is 26.8 Å². The van der Waals surface area contributed by atoms with Gasteiger partial charge in [-0.2, -0.15) is 0 Å². The highest BCUT2D eigenvalue weighted by Gasteiger charge is 2.45. The molecule has 0 aliphatic carbocycles. The van der Waals surface area contributed by atoms with Gasteiger partial charge in [0.05, 0.1) is 21.8 Å². The predicted molar refractivity (Wildman–Crippen MR) is 129 cm³/mol. The monoisotopic (exact) mass is 473 g/mol. The molecule has 1 unspecified atom stereocenters. The molecule has 0 bridgehead atoms. The second kappa shape index (κ2) is 8.61. The van der Waals surface area contributed by atoms with Crippen LogP contribution < -0.4 is 4.90 Å². The second-order valence-electron chi connectivity index (χ2n) is 7.34. The lowest BCUT2D eigenvalue weighted by atomic mass is 9.97. The van der Waals surface area contributed by atoms with Crippen molar-refractivity contribution in [3.05, 3.63) is 107 Å². The van der Waals surface area contributed by atoms with Gasteiger partial charge in [-0.3, -0.25) is 19.5 Å². The average Bonchev–Trinajstić information content (AvgIpc) is 3.36. The Morgan fingerprint density at radius 1 is 1.12 bits per heavy atom. The van der Waals surface area contributed by atoms with Crippen LogP contribution in [0.5, 0.6) is 0 Å². The third-order valence-electron chi connectivity index (χ3n) is 5.25. The fraction of sp³-hybridized carbons (Fsp3) is 0.0400. The molecular weight excluding hydrogens is 458 g/mol. The van der Waals surface area contributed by atoms with Crippen LogP contribution in [0.25, 0.3) is 16.3 Å². The van der Waals surface area contributed by atoms with Gasteiger partial charge in [0.2, 0.25) is 0 Å². The average molecular weight is 474 g/mol. The number of anilines is 1. The van der Waals surface area contributed by atoms with E-state index in [2.05, 4.69) is 9.97 Å². The number of aliphatic hydroxyl groups is 1. The molecule has 0 radical (unpaired) electrons. The van der Waals surface area contributed by atoms with Gasteiger partial charge in [0.15, 0.2) is 16.7 Å². The number of halogens is 1. The van der Waals surface area contributed by atoms with Crippen molar-refractivity contribution in [2.45, 2.75) is 6.04 Å². The highest BCUT2D eigenvalue weighted by molar-refractivity contribution is 7.22. The molecule has 4 aromatic rings. The van der Waals surface area contributed by atoms with Crippen LogP contribution >= 0.6 is 22.9 Å². The summed E-state index contributed by atoms with van der Waals surface area (Å²) in [6.07, 6.45) is 6.18. The fourth-order valence-electron chi connectivity index (χ4n) is 3.72. The van der Waals surface area contributed by atoms with E-state index in [4.69, 9.17) is 11.6 Å². The van der Waals surface area contributed by atoms with E-state index in [1.807, 2.05) is 30.3 Å². The first-order valence-corrected chi connectivity index (χ1v) is 11.2. The number of aromatic nitrogens is 2. The number of hydrogen-bond donors (Lipinski definition) is 1. The van der Waals surface area contributed by atoms with E-state index in [9.17, 15) is 14.7 Å². The quantitative estimate of drug-likeness (QED) is 0.385. The lowest BCUT2D eigenvalue weighted by Crippen LogP contribution is -2.30. The summed E-state index contributed by atoms with van der Waals surface area (Å²) in [5.74, 6) is -1.75. The van der Waals surface area contributed by atoms with Crippen molar-refractivity contribution >= 4 is 56.1 Å². The van der Waals surface area contributed by atoms with E-state index in [0.717, 1.165) is 10.3 Å². The Hall–Kier alpha value is -3.81. The van der Waals surface area contributed by atoms with Crippen LogP contribution in [0.4, 0.5) is 5.13 Å². The van der Waals surface area contributed by atoms with Crippen LogP contribution in [0.3, 0.4) is 0 Å². The fourth-order valence-corrected chi connectivity index (χ4v) is 4.99. The highest BCUT2D eigenvalue weighted by Crippen LogP contribution is 2.43. The van der Waals surface area contributed by atoms with Gasteiger partial charge in [0.25, 0.3) is 5.91 Å². The molecule has 162 valence electrons. The van der Waals surface area contributed by atoms with Crippen molar-refractivity contribution in [3.63, 3.8) is 0 Å². The van der Waals surface area contributed by atoms with Gasteiger partial charge in [-0.15, -0.1) is 0 Å². The summed E-state index contributed by atoms with van der Waals surface area (Å²) >= 11 is 7.36. The van der Waals surface area contributed by atoms with E-state index in [1.54, 1.807) is 48.8 Å². The lowest BCUT2D eigenvalue weighted by Gasteiger charge is -2.23. The molecule has 1 N–H and O–H groups in total. The molecule has 0 saturated carbocycles. The number of carbonyl (C=O) groups is 2. The standard InChI is InChI=1S/C25H16ClN3O3S/c26-17-9-10-18-20(13-17)33-25(28-18)29-22(16-7-4-12-27-14-16)21(23(31)24(29)32)19(30)11-8-15-5-2-1-3-6-15/h1-14,22,31H. The number of aliphatic hydroxyl groups excluding tert-OH is 1. The number of fused-ring (bicyclic) bond motifs is 1. The Bertz CT molecular complexity index is 1430. The Morgan fingerprint density at radius 3 is 2.70 bits per heavy atom. The summed E-state index contributed by atoms with van der Waals surface area (Å²) in [4.78, 5) is 36.4. The van der Waals surface area contributed by atoms with E-state index < -0.39 is 23.5 Å². The summed E-state index contributed by atoms with van der Waals surface area (Å²) in [5, 5.41) is 11.7. The maximum atomic E-state index is 13.2. The van der Waals surface area contributed by atoms with Crippen molar-refractivity contribution in [1.82, 2.24) is 9.97 Å². The van der Waals surface area contributed by atoms with Crippen LogP contribution in [0.2, 0.25) is 5.02 Å². The van der Waals surface area contributed by atoms with Gasteiger partial charge in [-0.1, -0.05) is 65.4 Å². The minimum atomic E-state index is -0.866. The summed E-state index contributed by atoms with van der Waals surface area (Å²) < 4.78 is 0.790. The van der Waals surface area contributed by atoms with Crippen molar-refractivity contribution in [3.8, 4) is 0 Å². The van der Waals surface area contributed by atoms with Crippen molar-refractivity contribution in [2.75, 3.05) is 4.90 Å². The molecule has 2 aromatic heterocycles. The third kappa shape index (κ3) is 3.92. The number of ketones is 1. The molecule has 3 heterocycles. The molecule has 5 rings (SSSR count). The van der Waals surface area contributed by atoms with Crippen LogP contribution in [0.1, 0.15) is 17.2 Å². The number of thiazole rings is 1. The molecule has 0 spiro atoms. The molecular formula is C25H16ClN3O3S. The van der Waals surface area contributed by atoms with E-state index >= 15 is 0 Å². The highest BCUT2D eigenvalue weighted by atomic mass is 35.5. The zero-order valence-corrected chi connectivity index (χ0v) is 18.6. The first-order valence-electron chi connectivity index (χ1n) is 10.0. The smallest absolute Gasteiger partial charge is 0.296 e. The topological polar surface area (TPSA) is 83.4 Å². The number of nitrogens with zero attached hydrogens (tertiary/aromatic N) is 3. The van der Waals surface area contributed by atoms with Gasteiger partial charge in [0.1, 0.15) is 0 Å². The first-order chi connectivity index (χ1) is 16.0. The van der Waals surface area contributed by atoms with E-state index in [-0.39, 0.29) is 5.57 Å². The largest absolute Gasteiger partial charge is 0.503 e. The summed E-state index contributed by atoms with van der Waals surface area (Å²) in [6.45, 7) is 0. The predicted octanol–water partition coefficient (Wildman–Crippen LogP) is 5.53. The minimum absolute atomic E-state index is 0.0162. The molecule has 0 fully saturated rings. The number of amides is 1. The maximum Gasteiger partial charge on any atom is 0.296 e. The van der Waals surface area contributed by atoms with E-state index in [0.29, 0.717) is 21.2 Å². The van der Waals surface area contributed by atoms with Crippen molar-refractivity contribution in [2.24, 2.45) is 0 Å². The molecule has 6 nitrogen and oxygen atoms in total. The van der Waals surface area contributed by atoms with Crippen molar-refractivity contribution in [1.29, 1.82) is 0 Å². The Morgan fingerprint density at radius 2 is 1.94 bits per heavy atom. The zero-order chi connectivity index (χ0) is 22.9. The van der Waals surface area contributed by atoms with Gasteiger partial charge in [0, 0.05) is 17.4 Å². The lowest BCUT2D eigenvalue weighted by molar-refractivity contribution is -0.117. The Balaban J connectivity index is 1.59. The molecule has 2 aromatic carbocycles. The SMILES string of the molecule is O=C(C=Cc1ccccc1)C1=C(O)C(=O)N(c2nc3ccc(Cl)cc3s2)C1c1cccnc1. The molecule has 1 amide bonds. The number of hydrogen-bond acceptors (Lipinski definition) is 6. The molecule has 0 saturated heterocycles. The molecule has 33 heavy (non-hydrogen) atoms. The zero-order valence-electron chi connectivity index (χ0n) is 17.1. The molecule has 1 aliphatic rings. The molecule has 8 heteroatoms. The maximum absolute atomic E-state index is 13.2. The van der Waals surface area contributed by atoms with Crippen molar-refractivity contribution < 1.29 is 14.7 Å². The minimum Gasteiger partial charge on any atom is -0.503 e. The number of allylic oxidation sites excluding steroid dienone is 1. The normalized spacial score (nSPS) is 16.3.